The van der Waals surface area contributed by atoms with Gasteiger partial charge in [0.05, 0.1) is 5.92 Å². The number of carboxylic acid groups (broad SMARTS) is 1. The number of thiophene rings is 1. The summed E-state index contributed by atoms with van der Waals surface area (Å²) < 4.78 is 0. The summed E-state index contributed by atoms with van der Waals surface area (Å²) in [6.07, 6.45) is 0.973. The first-order valence-electron chi connectivity index (χ1n) is 4.86. The van der Waals surface area contributed by atoms with E-state index in [4.69, 9.17) is 5.11 Å². The predicted molar refractivity (Wildman–Crippen MR) is 58.9 cm³/mol. The lowest BCUT2D eigenvalue weighted by molar-refractivity contribution is -0.139. The van der Waals surface area contributed by atoms with Gasteiger partial charge in [0.1, 0.15) is 0 Å². The molecule has 78 valence electrons. The molecule has 0 aliphatic carbocycles. The largest absolute Gasteiger partial charge is 0.481 e. The smallest absolute Gasteiger partial charge is 0.312 e. The second kappa shape index (κ2) is 4.60. The summed E-state index contributed by atoms with van der Waals surface area (Å²) in [5.41, 5.74) is 1.23. The zero-order chi connectivity index (χ0) is 10.7. The van der Waals surface area contributed by atoms with Crippen LogP contribution in [0.15, 0.2) is 11.4 Å². The quantitative estimate of drug-likeness (QED) is 0.832. The fourth-order valence-electron chi connectivity index (χ4n) is 1.48. The maximum atomic E-state index is 11.0. The molecular formula is C11H16O2S. The standard InChI is InChI=1S/C11H16O2S/c1-4-8-5-9(14-6-8)10(7(2)3)11(12)13/h5-7,10H,4H2,1-3H3,(H,12,13). The van der Waals surface area contributed by atoms with Crippen LogP contribution in [0.1, 0.15) is 37.1 Å². The predicted octanol–water partition coefficient (Wildman–Crippen LogP) is 3.13. The van der Waals surface area contributed by atoms with Gasteiger partial charge >= 0.3 is 5.97 Å². The highest BCUT2D eigenvalue weighted by atomic mass is 32.1. The van der Waals surface area contributed by atoms with Crippen molar-refractivity contribution in [1.82, 2.24) is 0 Å². The van der Waals surface area contributed by atoms with E-state index in [2.05, 4.69) is 6.92 Å². The lowest BCUT2D eigenvalue weighted by atomic mass is 9.94. The first-order chi connectivity index (χ1) is 6.56. The van der Waals surface area contributed by atoms with E-state index in [1.807, 2.05) is 25.3 Å². The molecule has 1 aromatic heterocycles. The van der Waals surface area contributed by atoms with Gasteiger partial charge in [0, 0.05) is 4.88 Å². The second-order valence-corrected chi connectivity index (χ2v) is 4.71. The monoisotopic (exact) mass is 212 g/mol. The number of hydrogen-bond acceptors (Lipinski definition) is 2. The Labute approximate surface area is 88.6 Å². The van der Waals surface area contributed by atoms with Crippen molar-refractivity contribution in [3.63, 3.8) is 0 Å². The topological polar surface area (TPSA) is 37.3 Å². The van der Waals surface area contributed by atoms with Gasteiger partial charge in [0.2, 0.25) is 0 Å². The van der Waals surface area contributed by atoms with Gasteiger partial charge in [-0.15, -0.1) is 11.3 Å². The van der Waals surface area contributed by atoms with Gasteiger partial charge in [-0.05, 0) is 29.3 Å². The molecule has 0 spiro atoms. The van der Waals surface area contributed by atoms with Crippen molar-refractivity contribution < 1.29 is 9.90 Å². The number of carbonyl (C=O) groups is 1. The van der Waals surface area contributed by atoms with Crippen LogP contribution in [0.5, 0.6) is 0 Å². The third kappa shape index (κ3) is 2.35. The normalized spacial score (nSPS) is 13.1. The van der Waals surface area contributed by atoms with E-state index in [1.54, 1.807) is 11.3 Å². The zero-order valence-electron chi connectivity index (χ0n) is 8.78. The van der Waals surface area contributed by atoms with Crippen LogP contribution in [0, 0.1) is 5.92 Å². The molecule has 0 bridgehead atoms. The maximum absolute atomic E-state index is 11.0. The molecule has 0 fully saturated rings. The Morgan fingerprint density at radius 2 is 2.21 bits per heavy atom. The SMILES string of the molecule is CCc1csc(C(C(=O)O)C(C)C)c1. The highest BCUT2D eigenvalue weighted by Gasteiger charge is 2.24. The van der Waals surface area contributed by atoms with Gasteiger partial charge in [-0.1, -0.05) is 20.8 Å². The minimum Gasteiger partial charge on any atom is -0.481 e. The van der Waals surface area contributed by atoms with E-state index in [0.717, 1.165) is 11.3 Å². The molecule has 0 saturated carbocycles. The number of aryl methyl sites for hydroxylation is 1. The molecule has 0 aliphatic heterocycles. The summed E-state index contributed by atoms with van der Waals surface area (Å²) >= 11 is 1.56. The van der Waals surface area contributed by atoms with Gasteiger partial charge in [-0.3, -0.25) is 4.79 Å². The molecule has 0 radical (unpaired) electrons. The van der Waals surface area contributed by atoms with E-state index in [0.29, 0.717) is 0 Å². The highest BCUT2D eigenvalue weighted by Crippen LogP contribution is 2.30. The Hall–Kier alpha value is -0.830. The molecular weight excluding hydrogens is 196 g/mol. The molecule has 0 saturated heterocycles. The summed E-state index contributed by atoms with van der Waals surface area (Å²) in [6.45, 7) is 5.98. The van der Waals surface area contributed by atoms with Gasteiger partial charge in [-0.2, -0.15) is 0 Å². The summed E-state index contributed by atoms with van der Waals surface area (Å²) in [5.74, 6) is -0.916. The first kappa shape index (κ1) is 11.2. The number of carboxylic acids is 1. The van der Waals surface area contributed by atoms with Crippen LogP contribution < -0.4 is 0 Å². The van der Waals surface area contributed by atoms with E-state index in [1.165, 1.54) is 5.56 Å². The van der Waals surface area contributed by atoms with Gasteiger partial charge in [-0.25, -0.2) is 0 Å². The van der Waals surface area contributed by atoms with Gasteiger partial charge in [0.25, 0.3) is 0 Å². The third-order valence-corrected chi connectivity index (χ3v) is 3.39. The van der Waals surface area contributed by atoms with Crippen LogP contribution in [-0.2, 0) is 11.2 Å². The lowest BCUT2D eigenvalue weighted by Crippen LogP contribution is -2.16. The van der Waals surface area contributed by atoms with Crippen LogP contribution in [0.25, 0.3) is 0 Å². The number of rotatable bonds is 4. The van der Waals surface area contributed by atoms with Crippen molar-refractivity contribution >= 4 is 17.3 Å². The highest BCUT2D eigenvalue weighted by molar-refractivity contribution is 7.10. The summed E-state index contributed by atoms with van der Waals surface area (Å²) in [7, 11) is 0. The van der Waals surface area contributed by atoms with E-state index in [-0.39, 0.29) is 11.8 Å². The van der Waals surface area contributed by atoms with Crippen LogP contribution >= 0.6 is 11.3 Å². The Kier molecular flexibility index (Phi) is 3.69. The van der Waals surface area contributed by atoms with Crippen LogP contribution in [-0.4, -0.2) is 11.1 Å². The molecule has 0 aliphatic rings. The van der Waals surface area contributed by atoms with E-state index >= 15 is 0 Å². The van der Waals surface area contributed by atoms with Gasteiger partial charge in [0.15, 0.2) is 0 Å². The summed E-state index contributed by atoms with van der Waals surface area (Å²) in [6, 6.07) is 2.02. The molecule has 2 nitrogen and oxygen atoms in total. The molecule has 1 heterocycles. The Morgan fingerprint density at radius 1 is 1.57 bits per heavy atom. The van der Waals surface area contributed by atoms with E-state index in [9.17, 15) is 4.79 Å². The molecule has 14 heavy (non-hydrogen) atoms. The third-order valence-electron chi connectivity index (χ3n) is 2.32. The van der Waals surface area contributed by atoms with Crippen molar-refractivity contribution in [2.45, 2.75) is 33.1 Å². The molecule has 1 aromatic rings. The number of hydrogen-bond donors (Lipinski definition) is 1. The van der Waals surface area contributed by atoms with Crippen LogP contribution in [0.3, 0.4) is 0 Å². The summed E-state index contributed by atoms with van der Waals surface area (Å²) in [4.78, 5) is 12.0. The molecule has 0 amide bonds. The van der Waals surface area contributed by atoms with Crippen molar-refractivity contribution in [2.24, 2.45) is 5.92 Å². The number of aliphatic carboxylic acids is 1. The van der Waals surface area contributed by atoms with Crippen molar-refractivity contribution in [3.8, 4) is 0 Å². The molecule has 1 N–H and O–H groups in total. The molecule has 1 atom stereocenters. The van der Waals surface area contributed by atoms with Gasteiger partial charge < -0.3 is 5.11 Å². The zero-order valence-corrected chi connectivity index (χ0v) is 9.60. The summed E-state index contributed by atoms with van der Waals surface area (Å²) in [5, 5.41) is 11.1. The fourth-order valence-corrected chi connectivity index (χ4v) is 2.74. The fraction of sp³-hybridized carbons (Fsp3) is 0.545. The average Bonchev–Trinajstić information content (AvgIpc) is 2.51. The molecule has 0 aromatic carbocycles. The Morgan fingerprint density at radius 3 is 2.57 bits per heavy atom. The Balaban J connectivity index is 2.93. The van der Waals surface area contributed by atoms with Crippen LogP contribution in [0.2, 0.25) is 0 Å². The van der Waals surface area contributed by atoms with Crippen molar-refractivity contribution in [2.75, 3.05) is 0 Å². The minimum atomic E-state index is -0.718. The lowest BCUT2D eigenvalue weighted by Gasteiger charge is -2.13. The van der Waals surface area contributed by atoms with E-state index < -0.39 is 5.97 Å². The molecule has 1 unspecified atom stereocenters. The van der Waals surface area contributed by atoms with Crippen molar-refractivity contribution in [3.05, 3.63) is 21.9 Å². The van der Waals surface area contributed by atoms with Crippen molar-refractivity contribution in [1.29, 1.82) is 0 Å². The minimum absolute atomic E-state index is 0.149. The second-order valence-electron chi connectivity index (χ2n) is 3.77. The maximum Gasteiger partial charge on any atom is 0.312 e. The molecule has 3 heteroatoms. The average molecular weight is 212 g/mol. The molecule has 1 rings (SSSR count). The Bertz CT molecular complexity index is 315. The van der Waals surface area contributed by atoms with Crippen LogP contribution in [0.4, 0.5) is 0 Å². The first-order valence-corrected chi connectivity index (χ1v) is 5.74.